The fraction of sp³-hybridized carbons (Fsp3) is 0.421. The standard InChI is InChI=1S/C19H22N2O6/c1-2-21-10-13(19(25)20-7-5-3-4-6-17(22)23)18(24)12-8-15-16(9-14(12)21)27-11-26-15/h8-10H,2-7,11H2,1H3,(H,20,25)(H,22,23). The predicted octanol–water partition coefficient (Wildman–Crippen LogP) is 2.12. The number of hydrogen-bond donors (Lipinski definition) is 2. The molecule has 2 N–H and O–H groups in total. The molecule has 0 saturated carbocycles. The van der Waals surface area contributed by atoms with Crippen molar-refractivity contribution in [2.24, 2.45) is 0 Å². The number of benzene rings is 1. The van der Waals surface area contributed by atoms with E-state index < -0.39 is 11.9 Å². The largest absolute Gasteiger partial charge is 0.481 e. The Labute approximate surface area is 155 Å². The zero-order valence-corrected chi connectivity index (χ0v) is 15.1. The summed E-state index contributed by atoms with van der Waals surface area (Å²) in [4.78, 5) is 35.8. The SMILES string of the molecule is CCn1cc(C(=O)NCCCCCC(=O)O)c(=O)c2cc3c(cc21)OCO3. The van der Waals surface area contributed by atoms with Gasteiger partial charge in [0.1, 0.15) is 5.56 Å². The van der Waals surface area contributed by atoms with E-state index in [0.29, 0.717) is 54.8 Å². The molecule has 2 heterocycles. The number of carboxylic acids is 1. The maximum atomic E-state index is 12.8. The summed E-state index contributed by atoms with van der Waals surface area (Å²) < 4.78 is 12.5. The summed E-state index contributed by atoms with van der Waals surface area (Å²) in [5.41, 5.74) is 0.419. The van der Waals surface area contributed by atoms with Crippen molar-refractivity contribution in [2.45, 2.75) is 39.2 Å². The van der Waals surface area contributed by atoms with Gasteiger partial charge in [-0.15, -0.1) is 0 Å². The Bertz CT molecular complexity index is 934. The Kier molecular flexibility index (Phi) is 5.63. The number of aryl methyl sites for hydroxylation is 1. The minimum Gasteiger partial charge on any atom is -0.481 e. The number of aromatic nitrogens is 1. The number of amides is 1. The van der Waals surface area contributed by atoms with E-state index in [0.717, 1.165) is 0 Å². The number of carbonyl (C=O) groups excluding carboxylic acids is 1. The first kappa shape index (κ1) is 18.8. The van der Waals surface area contributed by atoms with Gasteiger partial charge in [-0.05, 0) is 25.8 Å². The van der Waals surface area contributed by atoms with Crippen molar-refractivity contribution in [3.63, 3.8) is 0 Å². The number of hydrogen-bond acceptors (Lipinski definition) is 5. The number of aliphatic carboxylic acids is 1. The first-order valence-corrected chi connectivity index (χ1v) is 8.98. The third-order valence-corrected chi connectivity index (χ3v) is 4.51. The van der Waals surface area contributed by atoms with Crippen LogP contribution >= 0.6 is 0 Å². The Morgan fingerprint density at radius 1 is 1.19 bits per heavy atom. The zero-order valence-electron chi connectivity index (χ0n) is 15.1. The summed E-state index contributed by atoms with van der Waals surface area (Å²) in [7, 11) is 0. The maximum absolute atomic E-state index is 12.8. The lowest BCUT2D eigenvalue weighted by Gasteiger charge is -2.12. The van der Waals surface area contributed by atoms with Crippen LogP contribution in [0, 0.1) is 0 Å². The van der Waals surface area contributed by atoms with Crippen LogP contribution in [0.4, 0.5) is 0 Å². The molecule has 0 atom stereocenters. The van der Waals surface area contributed by atoms with E-state index in [1.807, 2.05) is 11.5 Å². The third kappa shape index (κ3) is 4.05. The molecule has 0 spiro atoms. The first-order chi connectivity index (χ1) is 13.0. The van der Waals surface area contributed by atoms with Crippen molar-refractivity contribution < 1.29 is 24.2 Å². The van der Waals surface area contributed by atoms with Gasteiger partial charge in [0.2, 0.25) is 12.2 Å². The molecule has 0 radical (unpaired) electrons. The van der Waals surface area contributed by atoms with Gasteiger partial charge in [0.15, 0.2) is 11.5 Å². The first-order valence-electron chi connectivity index (χ1n) is 8.98. The number of fused-ring (bicyclic) bond motifs is 2. The molecule has 0 bridgehead atoms. The van der Waals surface area contributed by atoms with Gasteiger partial charge in [-0.2, -0.15) is 0 Å². The molecule has 1 aromatic carbocycles. The average molecular weight is 374 g/mol. The summed E-state index contributed by atoms with van der Waals surface area (Å²) in [5.74, 6) is -0.169. The molecule has 2 aromatic rings. The van der Waals surface area contributed by atoms with Crippen molar-refractivity contribution in [3.05, 3.63) is 34.1 Å². The average Bonchev–Trinajstić information content (AvgIpc) is 3.10. The number of nitrogens with one attached hydrogen (secondary N) is 1. The molecule has 3 rings (SSSR count). The van der Waals surface area contributed by atoms with E-state index in [-0.39, 0.29) is 24.2 Å². The highest BCUT2D eigenvalue weighted by Crippen LogP contribution is 2.35. The van der Waals surface area contributed by atoms with Gasteiger partial charge in [-0.1, -0.05) is 6.42 Å². The summed E-state index contributed by atoms with van der Waals surface area (Å²) in [5, 5.41) is 11.8. The van der Waals surface area contributed by atoms with Crippen LogP contribution in [0.3, 0.4) is 0 Å². The fourth-order valence-corrected chi connectivity index (χ4v) is 3.08. The van der Waals surface area contributed by atoms with E-state index in [1.165, 1.54) is 0 Å². The van der Waals surface area contributed by atoms with Crippen LogP contribution in [0.15, 0.2) is 23.1 Å². The number of ether oxygens (including phenoxy) is 2. The second-order valence-electron chi connectivity index (χ2n) is 6.34. The van der Waals surface area contributed by atoms with Crippen molar-refractivity contribution in [1.82, 2.24) is 9.88 Å². The van der Waals surface area contributed by atoms with Crippen molar-refractivity contribution in [2.75, 3.05) is 13.3 Å². The van der Waals surface area contributed by atoms with Crippen molar-refractivity contribution in [1.29, 1.82) is 0 Å². The predicted molar refractivity (Wildman–Crippen MR) is 98.4 cm³/mol. The van der Waals surface area contributed by atoms with Gasteiger partial charge in [0, 0.05) is 31.8 Å². The van der Waals surface area contributed by atoms with Crippen LogP contribution in [0.2, 0.25) is 0 Å². The molecule has 144 valence electrons. The highest BCUT2D eigenvalue weighted by Gasteiger charge is 2.20. The molecular formula is C19H22N2O6. The summed E-state index contributed by atoms with van der Waals surface area (Å²) >= 11 is 0. The number of nitrogens with zero attached hydrogens (tertiary/aromatic N) is 1. The Balaban J connectivity index is 1.77. The summed E-state index contributed by atoms with van der Waals surface area (Å²) in [6, 6.07) is 3.38. The number of rotatable bonds is 8. The molecule has 27 heavy (non-hydrogen) atoms. The van der Waals surface area contributed by atoms with Crippen molar-refractivity contribution >= 4 is 22.8 Å². The van der Waals surface area contributed by atoms with E-state index in [1.54, 1.807) is 18.3 Å². The second-order valence-corrected chi connectivity index (χ2v) is 6.34. The fourth-order valence-electron chi connectivity index (χ4n) is 3.08. The molecule has 0 fully saturated rings. The van der Waals surface area contributed by atoms with Crippen molar-refractivity contribution in [3.8, 4) is 11.5 Å². The van der Waals surface area contributed by atoms with E-state index in [2.05, 4.69) is 5.32 Å². The minimum atomic E-state index is -0.823. The van der Waals surface area contributed by atoms with Gasteiger partial charge in [-0.25, -0.2) is 0 Å². The van der Waals surface area contributed by atoms with Crippen LogP contribution < -0.4 is 20.2 Å². The third-order valence-electron chi connectivity index (χ3n) is 4.51. The second kappa shape index (κ2) is 8.11. The Hall–Kier alpha value is -3.03. The van der Waals surface area contributed by atoms with Crippen LogP contribution in [0.5, 0.6) is 11.5 Å². The monoisotopic (exact) mass is 374 g/mol. The van der Waals surface area contributed by atoms with Crippen LogP contribution in [-0.2, 0) is 11.3 Å². The highest BCUT2D eigenvalue weighted by atomic mass is 16.7. The molecule has 0 saturated heterocycles. The van der Waals surface area contributed by atoms with Crippen LogP contribution in [-0.4, -0.2) is 34.9 Å². The smallest absolute Gasteiger partial charge is 0.303 e. The Morgan fingerprint density at radius 2 is 1.93 bits per heavy atom. The number of carbonyl (C=O) groups is 2. The Morgan fingerprint density at radius 3 is 2.63 bits per heavy atom. The topological polar surface area (TPSA) is 107 Å². The molecule has 8 nitrogen and oxygen atoms in total. The van der Waals surface area contributed by atoms with E-state index in [9.17, 15) is 14.4 Å². The molecule has 0 unspecified atom stereocenters. The van der Waals surface area contributed by atoms with Gasteiger partial charge in [0.05, 0.1) is 10.9 Å². The maximum Gasteiger partial charge on any atom is 0.303 e. The number of carboxylic acid groups (broad SMARTS) is 1. The molecule has 1 amide bonds. The molecule has 1 aromatic heterocycles. The van der Waals surface area contributed by atoms with Gasteiger partial charge in [0.25, 0.3) is 5.91 Å². The molecule has 1 aliphatic rings. The molecule has 1 aliphatic heterocycles. The highest BCUT2D eigenvalue weighted by molar-refractivity contribution is 5.97. The lowest BCUT2D eigenvalue weighted by Crippen LogP contribution is -2.30. The lowest BCUT2D eigenvalue weighted by molar-refractivity contribution is -0.137. The number of unbranched alkanes of at least 4 members (excludes halogenated alkanes) is 2. The van der Waals surface area contributed by atoms with Crippen LogP contribution in [0.1, 0.15) is 43.0 Å². The molecule has 8 heteroatoms. The molecular weight excluding hydrogens is 352 g/mol. The quantitative estimate of drug-likeness (QED) is 0.686. The van der Waals surface area contributed by atoms with Gasteiger partial charge in [-0.3, -0.25) is 14.4 Å². The van der Waals surface area contributed by atoms with Crippen LogP contribution in [0.25, 0.3) is 10.9 Å². The number of pyridine rings is 1. The lowest BCUT2D eigenvalue weighted by atomic mass is 10.1. The molecule has 0 aliphatic carbocycles. The van der Waals surface area contributed by atoms with E-state index >= 15 is 0 Å². The summed E-state index contributed by atoms with van der Waals surface area (Å²) in [6.45, 7) is 3.02. The van der Waals surface area contributed by atoms with Gasteiger partial charge < -0.3 is 24.5 Å². The van der Waals surface area contributed by atoms with Gasteiger partial charge >= 0.3 is 5.97 Å². The van der Waals surface area contributed by atoms with E-state index in [4.69, 9.17) is 14.6 Å². The summed E-state index contributed by atoms with van der Waals surface area (Å²) in [6.07, 6.45) is 3.61. The minimum absolute atomic E-state index is 0.0775. The normalized spacial score (nSPS) is 12.3. The zero-order chi connectivity index (χ0) is 19.4.